The standard InChI is InChI=1S/C11H14N4/c1-8-3-5-9(6-4-8)11-10(7-12)15(2)14-13-11/h3-6H,7,12H2,1-2H3. The third-order valence-electron chi connectivity index (χ3n) is 2.46. The van der Waals surface area contributed by atoms with E-state index in [2.05, 4.69) is 29.4 Å². The maximum atomic E-state index is 5.66. The second-order valence-corrected chi connectivity index (χ2v) is 3.58. The van der Waals surface area contributed by atoms with Gasteiger partial charge < -0.3 is 5.73 Å². The maximum absolute atomic E-state index is 5.66. The Balaban J connectivity index is 2.49. The molecule has 0 spiro atoms. The lowest BCUT2D eigenvalue weighted by Crippen LogP contribution is -2.05. The van der Waals surface area contributed by atoms with E-state index >= 15 is 0 Å². The van der Waals surface area contributed by atoms with Crippen LogP contribution in [0, 0.1) is 6.92 Å². The van der Waals surface area contributed by atoms with Crippen LogP contribution in [0.4, 0.5) is 0 Å². The van der Waals surface area contributed by atoms with Gasteiger partial charge in [0.25, 0.3) is 0 Å². The number of hydrogen-bond acceptors (Lipinski definition) is 3. The van der Waals surface area contributed by atoms with E-state index < -0.39 is 0 Å². The Labute approximate surface area is 88.7 Å². The van der Waals surface area contributed by atoms with Crippen LogP contribution in [0.15, 0.2) is 24.3 Å². The lowest BCUT2D eigenvalue weighted by Gasteiger charge is -2.01. The topological polar surface area (TPSA) is 56.7 Å². The molecule has 2 rings (SSSR count). The van der Waals surface area contributed by atoms with E-state index in [9.17, 15) is 0 Å². The van der Waals surface area contributed by atoms with E-state index in [4.69, 9.17) is 5.73 Å². The van der Waals surface area contributed by atoms with E-state index in [1.165, 1.54) is 5.56 Å². The monoisotopic (exact) mass is 202 g/mol. The van der Waals surface area contributed by atoms with Gasteiger partial charge in [-0.05, 0) is 6.92 Å². The zero-order valence-electron chi connectivity index (χ0n) is 8.94. The van der Waals surface area contributed by atoms with Gasteiger partial charge in [-0.25, -0.2) is 0 Å². The van der Waals surface area contributed by atoms with Crippen molar-refractivity contribution in [3.63, 3.8) is 0 Å². The highest BCUT2D eigenvalue weighted by atomic mass is 15.4. The van der Waals surface area contributed by atoms with Crippen LogP contribution in [0.3, 0.4) is 0 Å². The molecule has 0 aliphatic heterocycles. The van der Waals surface area contributed by atoms with Gasteiger partial charge >= 0.3 is 0 Å². The van der Waals surface area contributed by atoms with Crippen molar-refractivity contribution in [2.75, 3.05) is 0 Å². The van der Waals surface area contributed by atoms with Crippen LogP contribution in [0.25, 0.3) is 11.3 Å². The highest BCUT2D eigenvalue weighted by Crippen LogP contribution is 2.20. The molecule has 78 valence electrons. The number of benzene rings is 1. The summed E-state index contributed by atoms with van der Waals surface area (Å²) < 4.78 is 1.72. The number of nitrogens with zero attached hydrogens (tertiary/aromatic N) is 3. The van der Waals surface area contributed by atoms with Gasteiger partial charge in [0.15, 0.2) is 0 Å². The zero-order valence-corrected chi connectivity index (χ0v) is 8.94. The Morgan fingerprint density at radius 2 is 1.93 bits per heavy atom. The normalized spacial score (nSPS) is 10.6. The van der Waals surface area contributed by atoms with E-state index in [0.717, 1.165) is 17.0 Å². The Morgan fingerprint density at radius 1 is 1.27 bits per heavy atom. The summed E-state index contributed by atoms with van der Waals surface area (Å²) >= 11 is 0. The highest BCUT2D eigenvalue weighted by Gasteiger charge is 2.10. The quantitative estimate of drug-likeness (QED) is 0.797. The molecule has 0 atom stereocenters. The van der Waals surface area contributed by atoms with Crippen LogP contribution in [-0.4, -0.2) is 15.0 Å². The number of hydrogen-bond donors (Lipinski definition) is 1. The Morgan fingerprint density at radius 3 is 2.53 bits per heavy atom. The average Bonchev–Trinajstić information content (AvgIpc) is 2.61. The minimum atomic E-state index is 0.451. The van der Waals surface area contributed by atoms with Crippen molar-refractivity contribution in [2.45, 2.75) is 13.5 Å². The summed E-state index contributed by atoms with van der Waals surface area (Å²) in [6, 6.07) is 8.20. The van der Waals surface area contributed by atoms with Crippen LogP contribution in [0.1, 0.15) is 11.3 Å². The van der Waals surface area contributed by atoms with Gasteiger partial charge in [-0.1, -0.05) is 35.0 Å². The van der Waals surface area contributed by atoms with Gasteiger partial charge in [0.1, 0.15) is 5.69 Å². The Bertz CT molecular complexity index is 456. The minimum absolute atomic E-state index is 0.451. The first-order valence-corrected chi connectivity index (χ1v) is 4.88. The summed E-state index contributed by atoms with van der Waals surface area (Å²) in [4.78, 5) is 0. The third kappa shape index (κ3) is 1.76. The van der Waals surface area contributed by atoms with Crippen molar-refractivity contribution >= 4 is 0 Å². The van der Waals surface area contributed by atoms with Gasteiger partial charge in [-0.15, -0.1) is 5.10 Å². The fraction of sp³-hybridized carbons (Fsp3) is 0.273. The second kappa shape index (κ2) is 3.82. The summed E-state index contributed by atoms with van der Waals surface area (Å²) in [6.45, 7) is 2.51. The first-order chi connectivity index (χ1) is 7.22. The average molecular weight is 202 g/mol. The minimum Gasteiger partial charge on any atom is -0.325 e. The summed E-state index contributed by atoms with van der Waals surface area (Å²) in [7, 11) is 1.85. The van der Waals surface area contributed by atoms with Gasteiger partial charge in [-0.2, -0.15) is 0 Å². The molecular formula is C11H14N4. The lowest BCUT2D eigenvalue weighted by atomic mass is 10.1. The highest BCUT2D eigenvalue weighted by molar-refractivity contribution is 5.61. The third-order valence-corrected chi connectivity index (χ3v) is 2.46. The lowest BCUT2D eigenvalue weighted by molar-refractivity contribution is 0.678. The molecule has 0 bridgehead atoms. The maximum Gasteiger partial charge on any atom is 0.117 e. The number of aromatic nitrogens is 3. The molecule has 4 nitrogen and oxygen atoms in total. The van der Waals surface area contributed by atoms with Gasteiger partial charge in [-0.3, -0.25) is 4.68 Å². The molecule has 0 aliphatic rings. The van der Waals surface area contributed by atoms with Gasteiger partial charge in [0.05, 0.1) is 5.69 Å². The van der Waals surface area contributed by atoms with Crippen molar-refractivity contribution in [1.29, 1.82) is 0 Å². The summed E-state index contributed by atoms with van der Waals surface area (Å²) in [5.41, 5.74) is 9.79. The summed E-state index contributed by atoms with van der Waals surface area (Å²) in [6.07, 6.45) is 0. The first-order valence-electron chi connectivity index (χ1n) is 4.88. The number of nitrogens with two attached hydrogens (primary N) is 1. The Kier molecular flexibility index (Phi) is 2.51. The molecule has 1 heterocycles. The molecule has 4 heteroatoms. The molecule has 2 N–H and O–H groups in total. The fourth-order valence-corrected chi connectivity index (χ4v) is 1.54. The molecule has 0 unspecified atom stereocenters. The molecule has 1 aromatic heterocycles. The first kappa shape index (κ1) is 9.86. The molecule has 0 aliphatic carbocycles. The molecule has 0 amide bonds. The summed E-state index contributed by atoms with van der Waals surface area (Å²) in [5.74, 6) is 0. The largest absolute Gasteiger partial charge is 0.325 e. The van der Waals surface area contributed by atoms with E-state index in [-0.39, 0.29) is 0 Å². The molecule has 0 radical (unpaired) electrons. The van der Waals surface area contributed by atoms with Gasteiger partial charge in [0, 0.05) is 19.2 Å². The SMILES string of the molecule is Cc1ccc(-c2nnn(C)c2CN)cc1. The predicted octanol–water partition coefficient (Wildman–Crippen LogP) is 1.25. The second-order valence-electron chi connectivity index (χ2n) is 3.58. The van der Waals surface area contributed by atoms with Crippen molar-refractivity contribution in [3.05, 3.63) is 35.5 Å². The van der Waals surface area contributed by atoms with Crippen LogP contribution >= 0.6 is 0 Å². The number of aryl methyl sites for hydroxylation is 2. The van der Waals surface area contributed by atoms with Crippen LogP contribution in [0.5, 0.6) is 0 Å². The molecule has 0 saturated heterocycles. The van der Waals surface area contributed by atoms with Gasteiger partial charge in [0.2, 0.25) is 0 Å². The van der Waals surface area contributed by atoms with Crippen LogP contribution in [-0.2, 0) is 13.6 Å². The Hall–Kier alpha value is -1.68. The van der Waals surface area contributed by atoms with Crippen molar-refractivity contribution in [3.8, 4) is 11.3 Å². The van der Waals surface area contributed by atoms with E-state index in [0.29, 0.717) is 6.54 Å². The molecule has 0 fully saturated rings. The zero-order chi connectivity index (χ0) is 10.8. The molecule has 15 heavy (non-hydrogen) atoms. The van der Waals surface area contributed by atoms with Crippen LogP contribution in [0.2, 0.25) is 0 Å². The molecule has 2 aromatic rings. The van der Waals surface area contributed by atoms with E-state index in [1.54, 1.807) is 4.68 Å². The fourth-order valence-electron chi connectivity index (χ4n) is 1.54. The molecule has 1 aromatic carbocycles. The summed E-state index contributed by atoms with van der Waals surface area (Å²) in [5, 5.41) is 8.09. The molecular weight excluding hydrogens is 188 g/mol. The van der Waals surface area contributed by atoms with Crippen molar-refractivity contribution in [1.82, 2.24) is 15.0 Å². The van der Waals surface area contributed by atoms with Crippen molar-refractivity contribution in [2.24, 2.45) is 12.8 Å². The predicted molar refractivity (Wildman–Crippen MR) is 59.1 cm³/mol. The van der Waals surface area contributed by atoms with Crippen LogP contribution < -0.4 is 5.73 Å². The number of rotatable bonds is 2. The molecule has 0 saturated carbocycles. The smallest absolute Gasteiger partial charge is 0.117 e. The van der Waals surface area contributed by atoms with Crippen molar-refractivity contribution < 1.29 is 0 Å². The van der Waals surface area contributed by atoms with E-state index in [1.807, 2.05) is 19.2 Å².